The van der Waals surface area contributed by atoms with E-state index in [4.69, 9.17) is 37.4 Å². The molecule has 1 saturated heterocycles. The van der Waals surface area contributed by atoms with Crippen molar-refractivity contribution in [1.82, 2.24) is 4.90 Å². The molecule has 3 aromatic carbocycles. The van der Waals surface area contributed by atoms with Gasteiger partial charge in [-0.1, -0.05) is 62.2 Å². The molecule has 1 heterocycles. The van der Waals surface area contributed by atoms with Crippen molar-refractivity contribution in [2.24, 2.45) is 17.3 Å². The first-order chi connectivity index (χ1) is 24.6. The SMILES string of the molecule is CCOC(=O)C1CC1CN1[C@@H](CC(C)(C)C)[C@](C#N)(c2ccc(Cl)cc2F)[C@@H](c2cccc(Cl)c2F)[C@@H]1C(=O)Nc1ccc(C(=O)OC)cc1OC. The largest absolute Gasteiger partial charge is 0.495 e. The van der Waals surface area contributed by atoms with Crippen molar-refractivity contribution >= 4 is 46.7 Å². The number of likely N-dealkylation sites (tertiary alicyclic amines) is 1. The number of carbonyl (C=O) groups is 3. The van der Waals surface area contributed by atoms with Crippen molar-refractivity contribution in [3.05, 3.63) is 93.0 Å². The third kappa shape index (κ3) is 7.47. The van der Waals surface area contributed by atoms with Crippen LogP contribution in [-0.4, -0.2) is 62.2 Å². The van der Waals surface area contributed by atoms with Gasteiger partial charge in [0.2, 0.25) is 5.91 Å². The number of nitrogens with zero attached hydrogens (tertiary/aromatic N) is 2. The van der Waals surface area contributed by atoms with Gasteiger partial charge in [-0.15, -0.1) is 0 Å². The summed E-state index contributed by atoms with van der Waals surface area (Å²) in [6.07, 6.45) is 0.735. The Balaban J connectivity index is 1.78. The number of hydrogen-bond donors (Lipinski definition) is 1. The summed E-state index contributed by atoms with van der Waals surface area (Å²) in [7, 11) is 2.60. The Morgan fingerprint density at radius 1 is 1.08 bits per heavy atom. The smallest absolute Gasteiger partial charge is 0.337 e. The minimum absolute atomic E-state index is 0.0592. The Labute approximate surface area is 312 Å². The van der Waals surface area contributed by atoms with Crippen molar-refractivity contribution in [3.63, 3.8) is 0 Å². The minimum Gasteiger partial charge on any atom is -0.495 e. The number of amides is 1. The van der Waals surface area contributed by atoms with Gasteiger partial charge in [-0.25, -0.2) is 13.6 Å². The zero-order chi connectivity index (χ0) is 38.1. The molecule has 0 spiro atoms. The number of rotatable bonds is 11. The second kappa shape index (κ2) is 15.4. The van der Waals surface area contributed by atoms with Gasteiger partial charge in [-0.05, 0) is 73.1 Å². The fraction of sp³-hybridized carbons (Fsp3) is 0.436. The van der Waals surface area contributed by atoms with Gasteiger partial charge in [0.15, 0.2) is 0 Å². The Hall–Kier alpha value is -4.24. The summed E-state index contributed by atoms with van der Waals surface area (Å²) in [5.74, 6) is -5.21. The maximum Gasteiger partial charge on any atom is 0.337 e. The van der Waals surface area contributed by atoms with Crippen LogP contribution in [0, 0.1) is 40.2 Å². The second-order valence-corrected chi connectivity index (χ2v) is 15.2. The Bertz CT molecular complexity index is 1910. The molecule has 2 aliphatic rings. The highest BCUT2D eigenvalue weighted by atomic mass is 35.5. The zero-order valence-electron chi connectivity index (χ0n) is 29.8. The van der Waals surface area contributed by atoms with E-state index in [9.17, 15) is 19.6 Å². The molecule has 1 aliphatic carbocycles. The predicted molar refractivity (Wildman–Crippen MR) is 192 cm³/mol. The van der Waals surface area contributed by atoms with Crippen LogP contribution in [0.3, 0.4) is 0 Å². The van der Waals surface area contributed by atoms with Crippen LogP contribution in [-0.2, 0) is 24.5 Å². The number of anilines is 1. The van der Waals surface area contributed by atoms with E-state index in [0.717, 1.165) is 6.07 Å². The molecule has 1 saturated carbocycles. The number of ether oxygens (including phenoxy) is 3. The van der Waals surface area contributed by atoms with E-state index in [1.807, 2.05) is 25.7 Å². The summed E-state index contributed by atoms with van der Waals surface area (Å²) in [6.45, 7) is 7.93. The summed E-state index contributed by atoms with van der Waals surface area (Å²) in [4.78, 5) is 41.9. The van der Waals surface area contributed by atoms with Crippen molar-refractivity contribution in [2.45, 2.75) is 64.0 Å². The average Bonchev–Trinajstić information content (AvgIpc) is 3.82. The number of nitrogens with one attached hydrogen (secondary N) is 1. The standard InChI is InChI=1S/C39H41Cl2F2N3O6/c1-7-52-37(49)25-15-22(25)19-46-31(18-38(2,3)4)39(20-44,26-13-12-23(40)17-28(26)42)32(24-9-8-10-27(41)33(24)43)34(46)35(47)45-29-14-11-21(36(48)51-6)16-30(29)50-5/h8-14,16-17,22,25,31-32,34H,7,15,18-19H2,1-6H3,(H,45,47)/t22?,25?,31-,32-,34+,39-/m0/s1. The molecule has 0 aromatic heterocycles. The van der Waals surface area contributed by atoms with Crippen molar-refractivity contribution in [3.8, 4) is 11.8 Å². The second-order valence-electron chi connectivity index (χ2n) is 14.4. The summed E-state index contributed by atoms with van der Waals surface area (Å²) in [5.41, 5.74) is -2.15. The molecule has 276 valence electrons. The third-order valence-electron chi connectivity index (χ3n) is 9.88. The fourth-order valence-electron chi connectivity index (χ4n) is 7.56. The highest BCUT2D eigenvalue weighted by Gasteiger charge is 2.66. The molecule has 0 radical (unpaired) electrons. The minimum atomic E-state index is -1.89. The zero-order valence-corrected chi connectivity index (χ0v) is 31.3. The van der Waals surface area contributed by atoms with Crippen molar-refractivity contribution < 1.29 is 37.4 Å². The fourth-order valence-corrected chi connectivity index (χ4v) is 7.90. The molecule has 9 nitrogen and oxygen atoms in total. The molecular weight excluding hydrogens is 715 g/mol. The lowest BCUT2D eigenvalue weighted by atomic mass is 9.62. The number of esters is 2. The lowest BCUT2D eigenvalue weighted by molar-refractivity contribution is -0.145. The lowest BCUT2D eigenvalue weighted by Crippen LogP contribution is -2.48. The molecule has 5 rings (SSSR count). The first-order valence-corrected chi connectivity index (χ1v) is 17.7. The van der Waals surface area contributed by atoms with Crippen molar-refractivity contribution in [2.75, 3.05) is 32.7 Å². The topological polar surface area (TPSA) is 118 Å². The van der Waals surface area contributed by atoms with Gasteiger partial charge < -0.3 is 19.5 Å². The van der Waals surface area contributed by atoms with Crippen LogP contribution in [0.5, 0.6) is 5.75 Å². The number of nitriles is 1. The number of carbonyl (C=O) groups excluding carboxylic acids is 3. The molecule has 3 aromatic rings. The summed E-state index contributed by atoms with van der Waals surface area (Å²) >= 11 is 12.6. The van der Waals surface area contributed by atoms with E-state index in [1.165, 1.54) is 62.8 Å². The molecule has 52 heavy (non-hydrogen) atoms. The normalized spacial score (nSPS) is 24.1. The van der Waals surface area contributed by atoms with Gasteiger partial charge in [-0.3, -0.25) is 14.5 Å². The Morgan fingerprint density at radius 3 is 2.42 bits per heavy atom. The third-order valence-corrected chi connectivity index (χ3v) is 10.4. The molecule has 13 heteroatoms. The average molecular weight is 757 g/mol. The first kappa shape index (κ1) is 39.0. The summed E-state index contributed by atoms with van der Waals surface area (Å²) in [5, 5.41) is 14.2. The highest BCUT2D eigenvalue weighted by molar-refractivity contribution is 6.31. The van der Waals surface area contributed by atoms with Crippen LogP contribution < -0.4 is 10.1 Å². The number of methoxy groups -OCH3 is 2. The van der Waals surface area contributed by atoms with E-state index in [2.05, 4.69) is 11.4 Å². The van der Waals surface area contributed by atoms with Crippen LogP contribution in [0.1, 0.15) is 67.9 Å². The quantitative estimate of drug-likeness (QED) is 0.196. The molecule has 1 N–H and O–H groups in total. The molecule has 1 aliphatic heterocycles. The monoisotopic (exact) mass is 755 g/mol. The van der Waals surface area contributed by atoms with E-state index in [-0.39, 0.29) is 69.6 Å². The Morgan fingerprint density at radius 2 is 1.81 bits per heavy atom. The Kier molecular flexibility index (Phi) is 11.5. The molecule has 2 unspecified atom stereocenters. The van der Waals surface area contributed by atoms with Crippen LogP contribution in [0.4, 0.5) is 14.5 Å². The number of hydrogen-bond acceptors (Lipinski definition) is 8. The van der Waals surface area contributed by atoms with Gasteiger partial charge in [0.1, 0.15) is 22.8 Å². The van der Waals surface area contributed by atoms with E-state index in [0.29, 0.717) is 6.42 Å². The lowest BCUT2D eigenvalue weighted by Gasteiger charge is -2.39. The van der Waals surface area contributed by atoms with Gasteiger partial charge in [-0.2, -0.15) is 5.26 Å². The van der Waals surface area contributed by atoms with E-state index >= 15 is 8.78 Å². The first-order valence-electron chi connectivity index (χ1n) is 16.9. The van der Waals surface area contributed by atoms with Gasteiger partial charge >= 0.3 is 11.9 Å². The van der Waals surface area contributed by atoms with Crippen molar-refractivity contribution in [1.29, 1.82) is 5.26 Å². The van der Waals surface area contributed by atoms with Gasteiger partial charge in [0.05, 0.1) is 55.1 Å². The van der Waals surface area contributed by atoms with E-state index in [1.54, 1.807) is 6.92 Å². The molecule has 0 bridgehead atoms. The number of benzene rings is 3. The number of halogens is 4. The van der Waals surface area contributed by atoms with Gasteiger partial charge in [0, 0.05) is 29.1 Å². The molecule has 6 atom stereocenters. The van der Waals surface area contributed by atoms with Crippen LogP contribution in [0.15, 0.2) is 54.6 Å². The molecule has 2 fully saturated rings. The van der Waals surface area contributed by atoms with Gasteiger partial charge in [0.25, 0.3) is 0 Å². The summed E-state index contributed by atoms with van der Waals surface area (Å²) in [6, 6.07) is 12.8. The highest BCUT2D eigenvalue weighted by Crippen LogP contribution is 2.58. The molecule has 1 amide bonds. The maximum absolute atomic E-state index is 16.4. The van der Waals surface area contributed by atoms with Crippen LogP contribution in [0.25, 0.3) is 0 Å². The van der Waals surface area contributed by atoms with Crippen LogP contribution >= 0.6 is 23.2 Å². The maximum atomic E-state index is 16.4. The predicted octanol–water partition coefficient (Wildman–Crippen LogP) is 7.94. The summed E-state index contributed by atoms with van der Waals surface area (Å²) < 4.78 is 48.5. The molecular formula is C39H41Cl2F2N3O6. The van der Waals surface area contributed by atoms with E-state index < -0.39 is 58.3 Å². The van der Waals surface area contributed by atoms with Crippen LogP contribution in [0.2, 0.25) is 10.0 Å².